The Morgan fingerprint density at radius 1 is 1.07 bits per heavy atom. The van der Waals surface area contributed by atoms with Crippen LogP contribution in [0.15, 0.2) is 35.1 Å². The zero-order valence-corrected chi connectivity index (χ0v) is 16.9. The summed E-state index contributed by atoms with van der Waals surface area (Å²) in [7, 11) is 4.61. The molecular formula is C21H24N2O6. The van der Waals surface area contributed by atoms with E-state index in [0.717, 1.165) is 5.56 Å². The van der Waals surface area contributed by atoms with Crippen molar-refractivity contribution in [1.82, 2.24) is 9.55 Å². The number of carbonyl (C=O) groups excluding carboxylic acids is 1. The van der Waals surface area contributed by atoms with Crippen LogP contribution < -0.4 is 19.9 Å². The zero-order chi connectivity index (χ0) is 21.0. The highest BCUT2D eigenvalue weighted by molar-refractivity contribution is 5.84. The Morgan fingerprint density at radius 2 is 1.76 bits per heavy atom. The molecule has 2 aromatic carbocycles. The lowest BCUT2D eigenvalue weighted by Crippen LogP contribution is -2.18. The van der Waals surface area contributed by atoms with E-state index in [0.29, 0.717) is 40.5 Å². The number of ether oxygens (including phenoxy) is 4. The molecule has 0 unspecified atom stereocenters. The molecule has 0 saturated carbocycles. The SMILES string of the molecule is CCOC(=O)Cc1cccc2[nH]c(=O)n(Cc3cc(OC)c(OC)c(OC)c3)c12. The summed E-state index contributed by atoms with van der Waals surface area (Å²) in [6.45, 7) is 2.32. The van der Waals surface area contributed by atoms with Crippen molar-refractivity contribution in [3.05, 3.63) is 51.9 Å². The molecule has 0 aliphatic heterocycles. The number of H-pyrrole nitrogens is 1. The molecule has 154 valence electrons. The molecule has 0 aliphatic carbocycles. The van der Waals surface area contributed by atoms with E-state index in [1.54, 1.807) is 35.8 Å². The number of fused-ring (bicyclic) bond motifs is 1. The third-order valence-electron chi connectivity index (χ3n) is 4.58. The summed E-state index contributed by atoms with van der Waals surface area (Å²) in [6, 6.07) is 9.01. The van der Waals surface area contributed by atoms with Crippen molar-refractivity contribution in [3.63, 3.8) is 0 Å². The number of nitrogens with zero attached hydrogens (tertiary/aromatic N) is 1. The molecule has 0 fully saturated rings. The minimum Gasteiger partial charge on any atom is -0.493 e. The molecule has 0 spiro atoms. The topological polar surface area (TPSA) is 91.8 Å². The van der Waals surface area contributed by atoms with Crippen LogP contribution in [0.1, 0.15) is 18.1 Å². The first-order valence-electron chi connectivity index (χ1n) is 9.17. The van der Waals surface area contributed by atoms with E-state index >= 15 is 0 Å². The van der Waals surface area contributed by atoms with Crippen molar-refractivity contribution >= 4 is 17.0 Å². The second-order valence-corrected chi connectivity index (χ2v) is 6.34. The monoisotopic (exact) mass is 400 g/mol. The highest BCUT2D eigenvalue weighted by Crippen LogP contribution is 2.38. The highest BCUT2D eigenvalue weighted by atomic mass is 16.5. The number of rotatable bonds is 8. The Hall–Kier alpha value is -3.42. The lowest BCUT2D eigenvalue weighted by Gasteiger charge is -2.15. The fourth-order valence-corrected chi connectivity index (χ4v) is 3.37. The molecule has 0 bridgehead atoms. The maximum absolute atomic E-state index is 12.6. The molecule has 0 radical (unpaired) electrons. The average Bonchev–Trinajstić information content (AvgIpc) is 3.03. The number of methoxy groups -OCH3 is 3. The first-order chi connectivity index (χ1) is 14.0. The molecule has 29 heavy (non-hydrogen) atoms. The molecule has 3 rings (SSSR count). The molecular weight excluding hydrogens is 376 g/mol. The normalized spacial score (nSPS) is 10.8. The number of hydrogen-bond acceptors (Lipinski definition) is 6. The van der Waals surface area contributed by atoms with Crippen molar-refractivity contribution < 1.29 is 23.7 Å². The number of benzene rings is 2. The molecule has 0 atom stereocenters. The van der Waals surface area contributed by atoms with Gasteiger partial charge in [0, 0.05) is 0 Å². The predicted molar refractivity (Wildman–Crippen MR) is 108 cm³/mol. The highest BCUT2D eigenvalue weighted by Gasteiger charge is 2.17. The van der Waals surface area contributed by atoms with Gasteiger partial charge in [0.25, 0.3) is 0 Å². The minimum absolute atomic E-state index is 0.0811. The smallest absolute Gasteiger partial charge is 0.326 e. The largest absolute Gasteiger partial charge is 0.493 e. The molecule has 8 nitrogen and oxygen atoms in total. The molecule has 1 N–H and O–H groups in total. The second-order valence-electron chi connectivity index (χ2n) is 6.34. The van der Waals surface area contributed by atoms with Crippen LogP contribution in [0.2, 0.25) is 0 Å². The summed E-state index contributed by atoms with van der Waals surface area (Å²) < 4.78 is 22.8. The number of esters is 1. The molecule has 1 heterocycles. The molecule has 3 aromatic rings. The lowest BCUT2D eigenvalue weighted by atomic mass is 10.1. The maximum Gasteiger partial charge on any atom is 0.326 e. The van der Waals surface area contributed by atoms with Crippen LogP contribution in [0.4, 0.5) is 0 Å². The van der Waals surface area contributed by atoms with E-state index in [1.807, 2.05) is 6.07 Å². The number of imidazole rings is 1. The van der Waals surface area contributed by atoms with Gasteiger partial charge in [0.2, 0.25) is 5.75 Å². The number of aromatic nitrogens is 2. The van der Waals surface area contributed by atoms with Crippen LogP contribution in [-0.2, 0) is 22.5 Å². The van der Waals surface area contributed by atoms with Crippen LogP contribution in [0, 0.1) is 0 Å². The zero-order valence-electron chi connectivity index (χ0n) is 16.9. The van der Waals surface area contributed by atoms with E-state index in [9.17, 15) is 9.59 Å². The van der Waals surface area contributed by atoms with E-state index in [4.69, 9.17) is 18.9 Å². The number of aromatic amines is 1. The quantitative estimate of drug-likeness (QED) is 0.584. The van der Waals surface area contributed by atoms with Crippen molar-refractivity contribution in [1.29, 1.82) is 0 Å². The van der Waals surface area contributed by atoms with Gasteiger partial charge in [0.1, 0.15) is 0 Å². The van der Waals surface area contributed by atoms with Crippen molar-refractivity contribution in [2.75, 3.05) is 27.9 Å². The molecule has 0 amide bonds. The summed E-state index contributed by atoms with van der Waals surface area (Å²) in [4.78, 5) is 27.5. The lowest BCUT2D eigenvalue weighted by molar-refractivity contribution is -0.142. The summed E-state index contributed by atoms with van der Waals surface area (Å²) in [6.07, 6.45) is 0.0811. The van der Waals surface area contributed by atoms with Crippen LogP contribution in [0.5, 0.6) is 17.2 Å². The Bertz CT molecular complexity index is 1060. The van der Waals surface area contributed by atoms with Gasteiger partial charge in [-0.05, 0) is 36.2 Å². The fraction of sp³-hybridized carbons (Fsp3) is 0.333. The van der Waals surface area contributed by atoms with Gasteiger partial charge in [0.15, 0.2) is 11.5 Å². The van der Waals surface area contributed by atoms with Gasteiger partial charge in [-0.3, -0.25) is 9.36 Å². The van der Waals surface area contributed by atoms with Gasteiger partial charge >= 0.3 is 11.7 Å². The van der Waals surface area contributed by atoms with Gasteiger partial charge in [-0.2, -0.15) is 0 Å². The van der Waals surface area contributed by atoms with E-state index < -0.39 is 0 Å². The van der Waals surface area contributed by atoms with Gasteiger partial charge in [0.05, 0.1) is 51.9 Å². The van der Waals surface area contributed by atoms with Crippen molar-refractivity contribution in [2.24, 2.45) is 0 Å². The number of hydrogen-bond donors (Lipinski definition) is 1. The first-order valence-corrected chi connectivity index (χ1v) is 9.17. The van der Waals surface area contributed by atoms with Gasteiger partial charge in [-0.25, -0.2) is 4.79 Å². The van der Waals surface area contributed by atoms with Crippen LogP contribution in [0.25, 0.3) is 11.0 Å². The minimum atomic E-state index is -0.340. The Labute approximate surface area is 168 Å². The third kappa shape index (κ3) is 4.06. The summed E-state index contributed by atoms with van der Waals surface area (Å²) in [5, 5.41) is 0. The summed E-state index contributed by atoms with van der Waals surface area (Å²) in [5.41, 5.74) is 2.55. The predicted octanol–water partition coefficient (Wildman–Crippen LogP) is 2.51. The molecule has 0 saturated heterocycles. The van der Waals surface area contributed by atoms with Crippen molar-refractivity contribution in [2.45, 2.75) is 19.9 Å². The fourth-order valence-electron chi connectivity index (χ4n) is 3.37. The average molecular weight is 400 g/mol. The standard InChI is InChI=1S/C21H24N2O6/c1-5-29-18(24)11-14-7-6-8-15-19(14)23(21(25)22-15)12-13-9-16(26-2)20(28-4)17(10-13)27-3/h6-10H,5,11-12H2,1-4H3,(H,22,25). The van der Waals surface area contributed by atoms with E-state index in [1.165, 1.54) is 21.3 Å². The molecule has 8 heteroatoms. The van der Waals surface area contributed by atoms with E-state index in [2.05, 4.69) is 4.98 Å². The third-order valence-corrected chi connectivity index (χ3v) is 4.58. The Morgan fingerprint density at radius 3 is 2.34 bits per heavy atom. The van der Waals surface area contributed by atoms with Crippen LogP contribution in [0.3, 0.4) is 0 Å². The molecule has 0 aliphatic rings. The Kier molecular flexibility index (Phi) is 6.11. The summed E-state index contributed by atoms with van der Waals surface area (Å²) >= 11 is 0. The van der Waals surface area contributed by atoms with Crippen LogP contribution >= 0.6 is 0 Å². The Balaban J connectivity index is 2.08. The maximum atomic E-state index is 12.6. The number of para-hydroxylation sites is 1. The van der Waals surface area contributed by atoms with Crippen LogP contribution in [-0.4, -0.2) is 43.5 Å². The van der Waals surface area contributed by atoms with Gasteiger partial charge < -0.3 is 23.9 Å². The first kappa shape index (κ1) is 20.3. The molecule has 1 aromatic heterocycles. The second kappa shape index (κ2) is 8.72. The number of nitrogens with one attached hydrogen (secondary N) is 1. The number of carbonyl (C=O) groups is 1. The van der Waals surface area contributed by atoms with Crippen molar-refractivity contribution in [3.8, 4) is 17.2 Å². The van der Waals surface area contributed by atoms with Gasteiger partial charge in [-0.15, -0.1) is 0 Å². The van der Waals surface area contributed by atoms with Gasteiger partial charge in [-0.1, -0.05) is 12.1 Å². The van der Waals surface area contributed by atoms with E-state index in [-0.39, 0.29) is 24.6 Å². The summed E-state index contributed by atoms with van der Waals surface area (Å²) in [5.74, 6) is 1.14.